The summed E-state index contributed by atoms with van der Waals surface area (Å²) in [6.07, 6.45) is 5.29. The minimum absolute atomic E-state index is 0.122. The summed E-state index contributed by atoms with van der Waals surface area (Å²) < 4.78 is 5.63. The van der Waals surface area contributed by atoms with E-state index in [2.05, 4.69) is 17.4 Å². The first-order chi connectivity index (χ1) is 9.76. The number of nitrogens with one attached hydrogen (secondary N) is 1. The van der Waals surface area contributed by atoms with Gasteiger partial charge in [-0.1, -0.05) is 6.07 Å². The van der Waals surface area contributed by atoms with E-state index in [1.165, 1.54) is 16.7 Å². The molecule has 1 atom stereocenters. The third-order valence-electron chi connectivity index (χ3n) is 4.14. The fraction of sp³-hybridized carbons (Fsp3) is 0.562. The van der Waals surface area contributed by atoms with E-state index >= 15 is 0 Å². The van der Waals surface area contributed by atoms with Gasteiger partial charge in [0.15, 0.2) is 0 Å². The van der Waals surface area contributed by atoms with Crippen LogP contribution in [0.25, 0.3) is 0 Å². The van der Waals surface area contributed by atoms with Crippen molar-refractivity contribution in [3.63, 3.8) is 0 Å². The minimum atomic E-state index is 0.122. The quantitative estimate of drug-likeness (QED) is 0.867. The molecule has 0 radical (unpaired) electrons. The van der Waals surface area contributed by atoms with Gasteiger partial charge < -0.3 is 10.1 Å². The van der Waals surface area contributed by atoms with Crippen LogP contribution in [0.5, 0.6) is 5.75 Å². The van der Waals surface area contributed by atoms with Crippen molar-refractivity contribution in [2.75, 3.05) is 12.5 Å². The van der Waals surface area contributed by atoms with Gasteiger partial charge in [0.25, 0.3) is 0 Å². The summed E-state index contributed by atoms with van der Waals surface area (Å²) in [4.78, 5) is 11.8. The predicted octanol–water partition coefficient (Wildman–Crippen LogP) is 2.61. The molecule has 0 aromatic heterocycles. The lowest BCUT2D eigenvalue weighted by atomic mass is 9.86. The molecule has 0 saturated heterocycles. The van der Waals surface area contributed by atoms with Crippen LogP contribution in [0.4, 0.5) is 0 Å². The van der Waals surface area contributed by atoms with Crippen LogP contribution in [0.2, 0.25) is 0 Å². The van der Waals surface area contributed by atoms with Crippen LogP contribution in [0.1, 0.15) is 36.0 Å². The Morgan fingerprint density at radius 2 is 2.20 bits per heavy atom. The van der Waals surface area contributed by atoms with E-state index < -0.39 is 0 Å². The standard InChI is InChI=1S/C16H20ClNO2/c17-6-1-2-16(19)18-14-4-3-11-8-12-5-7-20-15(12)10-13(11)9-14/h8,10,14H,1-7,9H2,(H,18,19). The second-order valence-corrected chi connectivity index (χ2v) is 6.00. The van der Waals surface area contributed by atoms with Crippen LogP contribution in [0.3, 0.4) is 0 Å². The number of halogens is 1. The van der Waals surface area contributed by atoms with Crippen LogP contribution in [-0.4, -0.2) is 24.4 Å². The van der Waals surface area contributed by atoms with Gasteiger partial charge in [0.05, 0.1) is 6.61 Å². The number of hydrogen-bond acceptors (Lipinski definition) is 2. The average molecular weight is 294 g/mol. The van der Waals surface area contributed by atoms with E-state index in [1.807, 2.05) is 0 Å². The Hall–Kier alpha value is -1.22. The lowest BCUT2D eigenvalue weighted by Gasteiger charge is -2.26. The van der Waals surface area contributed by atoms with Crippen LogP contribution >= 0.6 is 11.6 Å². The zero-order valence-corrected chi connectivity index (χ0v) is 12.3. The molecular formula is C16H20ClNO2. The molecule has 1 aliphatic carbocycles. The third-order valence-corrected chi connectivity index (χ3v) is 4.41. The van der Waals surface area contributed by atoms with Gasteiger partial charge in [-0.2, -0.15) is 0 Å². The van der Waals surface area contributed by atoms with Crippen molar-refractivity contribution in [1.82, 2.24) is 5.32 Å². The molecule has 3 rings (SSSR count). The number of rotatable bonds is 4. The summed E-state index contributed by atoms with van der Waals surface area (Å²) in [6.45, 7) is 0.802. The average Bonchev–Trinajstić information content (AvgIpc) is 2.89. The Labute approximate surface area is 124 Å². The molecule has 1 heterocycles. The van der Waals surface area contributed by atoms with Crippen LogP contribution < -0.4 is 10.1 Å². The van der Waals surface area contributed by atoms with Crippen molar-refractivity contribution in [3.05, 3.63) is 28.8 Å². The first kappa shape index (κ1) is 13.7. The molecule has 1 amide bonds. The Morgan fingerprint density at radius 1 is 1.30 bits per heavy atom. The number of benzene rings is 1. The lowest BCUT2D eigenvalue weighted by Crippen LogP contribution is -2.38. The molecule has 1 unspecified atom stereocenters. The minimum Gasteiger partial charge on any atom is -0.493 e. The molecule has 108 valence electrons. The first-order valence-electron chi connectivity index (χ1n) is 7.39. The lowest BCUT2D eigenvalue weighted by molar-refractivity contribution is -0.121. The second-order valence-electron chi connectivity index (χ2n) is 5.63. The smallest absolute Gasteiger partial charge is 0.220 e. The highest BCUT2D eigenvalue weighted by Crippen LogP contribution is 2.32. The van der Waals surface area contributed by atoms with Crippen molar-refractivity contribution >= 4 is 17.5 Å². The van der Waals surface area contributed by atoms with Gasteiger partial charge in [0.1, 0.15) is 5.75 Å². The van der Waals surface area contributed by atoms with Crippen LogP contribution in [0.15, 0.2) is 12.1 Å². The number of alkyl halides is 1. The summed E-state index contributed by atoms with van der Waals surface area (Å²) >= 11 is 5.62. The van der Waals surface area contributed by atoms with Crippen molar-refractivity contribution < 1.29 is 9.53 Å². The summed E-state index contributed by atoms with van der Waals surface area (Å²) in [5.74, 6) is 1.71. The molecule has 1 aromatic rings. The van der Waals surface area contributed by atoms with Gasteiger partial charge in [-0.3, -0.25) is 4.79 Å². The summed E-state index contributed by atoms with van der Waals surface area (Å²) in [5.41, 5.74) is 4.10. The van der Waals surface area contributed by atoms with Gasteiger partial charge in [-0.15, -0.1) is 11.6 Å². The van der Waals surface area contributed by atoms with Crippen LogP contribution in [-0.2, 0) is 24.1 Å². The maximum absolute atomic E-state index is 11.8. The molecule has 0 spiro atoms. The molecule has 0 fully saturated rings. The Morgan fingerprint density at radius 3 is 3.05 bits per heavy atom. The van der Waals surface area contributed by atoms with Crippen molar-refractivity contribution in [2.45, 2.75) is 44.6 Å². The summed E-state index contributed by atoms with van der Waals surface area (Å²) in [7, 11) is 0. The number of ether oxygens (including phenoxy) is 1. The predicted molar refractivity (Wildman–Crippen MR) is 79.6 cm³/mol. The highest BCUT2D eigenvalue weighted by Gasteiger charge is 2.23. The molecule has 0 bridgehead atoms. The van der Waals surface area contributed by atoms with Crippen molar-refractivity contribution in [3.8, 4) is 5.75 Å². The number of fused-ring (bicyclic) bond motifs is 2. The van der Waals surface area contributed by atoms with E-state index in [0.717, 1.165) is 44.5 Å². The molecule has 0 saturated carbocycles. The zero-order chi connectivity index (χ0) is 13.9. The maximum atomic E-state index is 11.8. The monoisotopic (exact) mass is 293 g/mol. The van der Waals surface area contributed by atoms with Crippen molar-refractivity contribution in [1.29, 1.82) is 0 Å². The highest BCUT2D eigenvalue weighted by molar-refractivity contribution is 6.17. The van der Waals surface area contributed by atoms with Crippen molar-refractivity contribution in [2.24, 2.45) is 0 Å². The van der Waals surface area contributed by atoms with Gasteiger partial charge in [0, 0.05) is 24.8 Å². The molecule has 3 nitrogen and oxygen atoms in total. The fourth-order valence-corrected chi connectivity index (χ4v) is 3.22. The number of aryl methyl sites for hydroxylation is 1. The molecule has 2 aliphatic rings. The van der Waals surface area contributed by atoms with E-state index in [0.29, 0.717) is 12.3 Å². The number of amides is 1. The molecule has 4 heteroatoms. The first-order valence-corrected chi connectivity index (χ1v) is 7.92. The number of carbonyl (C=O) groups is 1. The summed E-state index contributed by atoms with van der Waals surface area (Å²) in [6, 6.07) is 4.72. The molecule has 20 heavy (non-hydrogen) atoms. The van der Waals surface area contributed by atoms with Gasteiger partial charge >= 0.3 is 0 Å². The molecular weight excluding hydrogens is 274 g/mol. The van der Waals surface area contributed by atoms with Gasteiger partial charge in [-0.05, 0) is 48.4 Å². The maximum Gasteiger partial charge on any atom is 0.220 e. The second kappa shape index (κ2) is 6.04. The third kappa shape index (κ3) is 2.93. The summed E-state index contributed by atoms with van der Waals surface area (Å²) in [5, 5.41) is 3.12. The van der Waals surface area contributed by atoms with Gasteiger partial charge in [-0.25, -0.2) is 0 Å². The Bertz CT molecular complexity index is 515. The number of carbonyl (C=O) groups excluding carboxylic acids is 1. The highest BCUT2D eigenvalue weighted by atomic mass is 35.5. The van der Waals surface area contributed by atoms with E-state index in [1.54, 1.807) is 0 Å². The molecule has 1 N–H and O–H groups in total. The van der Waals surface area contributed by atoms with Crippen LogP contribution in [0, 0.1) is 0 Å². The topological polar surface area (TPSA) is 38.3 Å². The number of hydrogen-bond donors (Lipinski definition) is 1. The van der Waals surface area contributed by atoms with Gasteiger partial charge in [0.2, 0.25) is 5.91 Å². The molecule has 1 aliphatic heterocycles. The SMILES string of the molecule is O=C(CCCCl)NC1CCc2cc3c(cc2C1)OCC3. The normalized spacial score (nSPS) is 19.9. The van der Waals surface area contributed by atoms with E-state index in [9.17, 15) is 4.79 Å². The Kier molecular flexibility index (Phi) is 4.16. The fourth-order valence-electron chi connectivity index (χ4n) is 3.09. The Balaban J connectivity index is 1.65. The van der Waals surface area contributed by atoms with E-state index in [-0.39, 0.29) is 11.9 Å². The molecule has 1 aromatic carbocycles. The zero-order valence-electron chi connectivity index (χ0n) is 11.6. The van der Waals surface area contributed by atoms with E-state index in [4.69, 9.17) is 16.3 Å². The largest absolute Gasteiger partial charge is 0.493 e.